The van der Waals surface area contributed by atoms with Gasteiger partial charge in [-0.15, -0.1) is 0 Å². The van der Waals surface area contributed by atoms with E-state index in [4.69, 9.17) is 5.73 Å². The van der Waals surface area contributed by atoms with Gasteiger partial charge in [0, 0.05) is 25.7 Å². The second kappa shape index (κ2) is 7.57. The first-order valence-electron chi connectivity index (χ1n) is 7.41. The quantitative estimate of drug-likeness (QED) is 0.743. The van der Waals surface area contributed by atoms with Gasteiger partial charge >= 0.3 is 0 Å². The number of hydrogen-bond acceptors (Lipinski definition) is 3. The average molecular weight is 291 g/mol. The van der Waals surface area contributed by atoms with Crippen molar-refractivity contribution in [3.8, 4) is 0 Å². The van der Waals surface area contributed by atoms with Gasteiger partial charge in [0.15, 0.2) is 0 Å². The van der Waals surface area contributed by atoms with Crippen molar-refractivity contribution in [2.45, 2.75) is 52.5 Å². The van der Waals surface area contributed by atoms with Crippen LogP contribution in [0.2, 0.25) is 0 Å². The summed E-state index contributed by atoms with van der Waals surface area (Å²) in [6.45, 7) is 7.93. The number of piperidine rings is 1. The van der Waals surface area contributed by atoms with Gasteiger partial charge in [0.2, 0.25) is 0 Å². The molecule has 1 atom stereocenters. The van der Waals surface area contributed by atoms with Gasteiger partial charge in [0.1, 0.15) is 0 Å². The lowest BCUT2D eigenvalue weighted by molar-refractivity contribution is 0.283. The first kappa shape index (κ1) is 16.9. The maximum atomic E-state index is 12.2. The standard InChI is InChI=1S/C13H29N3O2S/c1-4-12(5-2)13(14)10-15-19(17,18)16-8-6-11(3)7-9-16/h11-13,15H,4-10,14H2,1-3H3. The Hall–Kier alpha value is -0.170. The van der Waals surface area contributed by atoms with E-state index in [1.807, 2.05) is 0 Å². The zero-order chi connectivity index (χ0) is 14.5. The van der Waals surface area contributed by atoms with E-state index < -0.39 is 10.2 Å². The predicted octanol–water partition coefficient (Wildman–Crippen LogP) is 1.32. The molecule has 19 heavy (non-hydrogen) atoms. The molecule has 1 fully saturated rings. The van der Waals surface area contributed by atoms with Crippen LogP contribution in [0.25, 0.3) is 0 Å². The SMILES string of the molecule is CCC(CC)C(N)CNS(=O)(=O)N1CCC(C)CC1. The maximum Gasteiger partial charge on any atom is 0.279 e. The fraction of sp³-hybridized carbons (Fsp3) is 1.00. The highest BCUT2D eigenvalue weighted by Gasteiger charge is 2.27. The van der Waals surface area contributed by atoms with Gasteiger partial charge < -0.3 is 5.73 Å². The fourth-order valence-corrected chi connectivity index (χ4v) is 3.86. The molecule has 1 saturated heterocycles. The second-order valence-electron chi connectivity index (χ2n) is 5.68. The van der Waals surface area contributed by atoms with Crippen LogP contribution in [-0.2, 0) is 10.2 Å². The van der Waals surface area contributed by atoms with Gasteiger partial charge in [-0.3, -0.25) is 0 Å². The summed E-state index contributed by atoms with van der Waals surface area (Å²) in [5.41, 5.74) is 6.05. The van der Waals surface area contributed by atoms with Crippen LogP contribution in [0.3, 0.4) is 0 Å². The van der Waals surface area contributed by atoms with Crippen molar-refractivity contribution >= 4 is 10.2 Å². The molecular formula is C13H29N3O2S. The molecule has 1 rings (SSSR count). The van der Waals surface area contributed by atoms with Gasteiger partial charge in [0.05, 0.1) is 0 Å². The average Bonchev–Trinajstić information content (AvgIpc) is 2.38. The minimum Gasteiger partial charge on any atom is -0.326 e. The van der Waals surface area contributed by atoms with Crippen molar-refractivity contribution in [1.82, 2.24) is 9.03 Å². The zero-order valence-electron chi connectivity index (χ0n) is 12.4. The van der Waals surface area contributed by atoms with Crippen molar-refractivity contribution in [1.29, 1.82) is 0 Å². The first-order chi connectivity index (χ1) is 8.90. The summed E-state index contributed by atoms with van der Waals surface area (Å²) in [5.74, 6) is 1.00. The van der Waals surface area contributed by atoms with Gasteiger partial charge in [-0.25, -0.2) is 4.72 Å². The number of rotatable bonds is 7. The Kier molecular flexibility index (Phi) is 6.73. The second-order valence-corrected chi connectivity index (χ2v) is 7.43. The van der Waals surface area contributed by atoms with Gasteiger partial charge in [-0.2, -0.15) is 12.7 Å². The van der Waals surface area contributed by atoms with E-state index in [2.05, 4.69) is 25.5 Å². The molecule has 0 amide bonds. The van der Waals surface area contributed by atoms with Crippen LogP contribution >= 0.6 is 0 Å². The third kappa shape index (κ3) is 5.02. The summed E-state index contributed by atoms with van der Waals surface area (Å²) >= 11 is 0. The minimum atomic E-state index is -3.35. The molecule has 1 unspecified atom stereocenters. The van der Waals surface area contributed by atoms with Crippen LogP contribution in [0.5, 0.6) is 0 Å². The molecule has 0 radical (unpaired) electrons. The topological polar surface area (TPSA) is 75.4 Å². The number of nitrogens with zero attached hydrogens (tertiary/aromatic N) is 1. The highest BCUT2D eigenvalue weighted by Crippen LogP contribution is 2.18. The van der Waals surface area contributed by atoms with E-state index >= 15 is 0 Å². The molecule has 0 aromatic carbocycles. The molecule has 3 N–H and O–H groups in total. The molecule has 0 bridgehead atoms. The molecule has 1 aliphatic rings. The molecular weight excluding hydrogens is 262 g/mol. The third-order valence-electron chi connectivity index (χ3n) is 4.24. The molecule has 5 nitrogen and oxygen atoms in total. The van der Waals surface area contributed by atoms with Crippen LogP contribution in [0.15, 0.2) is 0 Å². The van der Waals surface area contributed by atoms with Crippen LogP contribution in [0.1, 0.15) is 46.5 Å². The molecule has 0 aromatic heterocycles. The molecule has 1 heterocycles. The Labute approximate surface area is 118 Å². The Balaban J connectivity index is 2.46. The van der Waals surface area contributed by atoms with Crippen molar-refractivity contribution < 1.29 is 8.42 Å². The molecule has 114 valence electrons. The highest BCUT2D eigenvalue weighted by atomic mass is 32.2. The molecule has 1 aliphatic heterocycles. The summed E-state index contributed by atoms with van der Waals surface area (Å²) in [6.07, 6.45) is 3.86. The van der Waals surface area contributed by atoms with Crippen LogP contribution < -0.4 is 10.5 Å². The summed E-state index contributed by atoms with van der Waals surface area (Å²) in [4.78, 5) is 0. The minimum absolute atomic E-state index is 0.103. The lowest BCUT2D eigenvalue weighted by Gasteiger charge is -2.30. The Morgan fingerprint density at radius 1 is 1.26 bits per heavy atom. The van der Waals surface area contributed by atoms with E-state index in [0.29, 0.717) is 31.5 Å². The third-order valence-corrected chi connectivity index (χ3v) is 5.81. The van der Waals surface area contributed by atoms with Crippen molar-refractivity contribution in [2.75, 3.05) is 19.6 Å². The van der Waals surface area contributed by atoms with Gasteiger partial charge in [-0.05, 0) is 24.7 Å². The summed E-state index contributed by atoms with van der Waals surface area (Å²) < 4.78 is 28.5. The Bertz CT molecular complexity index is 347. The largest absolute Gasteiger partial charge is 0.326 e. The Morgan fingerprint density at radius 3 is 2.26 bits per heavy atom. The van der Waals surface area contributed by atoms with E-state index in [1.54, 1.807) is 4.31 Å². The summed E-state index contributed by atoms with van der Waals surface area (Å²) in [7, 11) is -3.35. The van der Waals surface area contributed by atoms with Crippen LogP contribution in [0, 0.1) is 11.8 Å². The van der Waals surface area contributed by atoms with E-state index in [-0.39, 0.29) is 6.04 Å². The molecule has 6 heteroatoms. The normalized spacial score (nSPS) is 20.9. The lowest BCUT2D eigenvalue weighted by atomic mass is 9.95. The van der Waals surface area contributed by atoms with Gasteiger partial charge in [-0.1, -0.05) is 33.6 Å². The van der Waals surface area contributed by atoms with Gasteiger partial charge in [0.25, 0.3) is 10.2 Å². The molecule has 0 saturated carbocycles. The van der Waals surface area contributed by atoms with Crippen molar-refractivity contribution in [3.05, 3.63) is 0 Å². The smallest absolute Gasteiger partial charge is 0.279 e. The Morgan fingerprint density at radius 2 is 1.79 bits per heavy atom. The molecule has 0 aliphatic carbocycles. The molecule has 0 spiro atoms. The van der Waals surface area contributed by atoms with E-state index in [9.17, 15) is 8.42 Å². The number of nitrogens with one attached hydrogen (secondary N) is 1. The monoisotopic (exact) mass is 291 g/mol. The van der Waals surface area contributed by atoms with E-state index in [0.717, 1.165) is 25.7 Å². The number of hydrogen-bond donors (Lipinski definition) is 2. The number of nitrogens with two attached hydrogens (primary N) is 1. The fourth-order valence-electron chi connectivity index (χ4n) is 2.58. The van der Waals surface area contributed by atoms with Crippen molar-refractivity contribution in [2.24, 2.45) is 17.6 Å². The maximum absolute atomic E-state index is 12.2. The summed E-state index contributed by atoms with van der Waals surface area (Å²) in [6, 6.07) is -0.103. The molecule has 0 aromatic rings. The predicted molar refractivity (Wildman–Crippen MR) is 78.9 cm³/mol. The van der Waals surface area contributed by atoms with E-state index in [1.165, 1.54) is 0 Å². The lowest BCUT2D eigenvalue weighted by Crippen LogP contribution is -2.49. The zero-order valence-corrected chi connectivity index (χ0v) is 13.2. The first-order valence-corrected chi connectivity index (χ1v) is 8.85. The van der Waals surface area contributed by atoms with Crippen LogP contribution in [-0.4, -0.2) is 38.4 Å². The van der Waals surface area contributed by atoms with Crippen molar-refractivity contribution in [3.63, 3.8) is 0 Å². The summed E-state index contributed by atoms with van der Waals surface area (Å²) in [5, 5.41) is 0. The highest BCUT2D eigenvalue weighted by molar-refractivity contribution is 7.87. The van der Waals surface area contributed by atoms with Crippen LogP contribution in [0.4, 0.5) is 0 Å².